The van der Waals surface area contributed by atoms with Crippen molar-refractivity contribution in [2.24, 2.45) is 0 Å². The van der Waals surface area contributed by atoms with Crippen molar-refractivity contribution in [3.8, 4) is 0 Å². The second-order valence-electron chi connectivity index (χ2n) is 5.70. The van der Waals surface area contributed by atoms with Gasteiger partial charge in [0.25, 0.3) is 0 Å². The Kier molecular flexibility index (Phi) is 5.58. The zero-order chi connectivity index (χ0) is 15.4. The summed E-state index contributed by atoms with van der Waals surface area (Å²) < 4.78 is 0.990. The Bertz CT molecular complexity index is 469. The van der Waals surface area contributed by atoms with Crippen LogP contribution in [0.15, 0.2) is 22.8 Å². The van der Waals surface area contributed by atoms with Gasteiger partial charge < -0.3 is 10.2 Å². The number of hydrogen-bond donors (Lipinski definition) is 1. The van der Waals surface area contributed by atoms with Crippen LogP contribution in [0.2, 0.25) is 0 Å². The van der Waals surface area contributed by atoms with Crippen molar-refractivity contribution < 1.29 is 4.79 Å². The van der Waals surface area contributed by atoms with Crippen LogP contribution in [0.5, 0.6) is 0 Å². The summed E-state index contributed by atoms with van der Waals surface area (Å²) in [5.74, 6) is 1.11. The molecule has 0 spiro atoms. The number of aromatic nitrogens is 1. The maximum absolute atomic E-state index is 12.1. The Labute approximate surface area is 134 Å². The highest BCUT2D eigenvalue weighted by Crippen LogP contribution is 2.17. The minimum Gasteiger partial charge on any atom is -0.354 e. The van der Waals surface area contributed by atoms with Crippen LogP contribution in [0.25, 0.3) is 0 Å². The first kappa shape index (κ1) is 16.2. The first-order valence-electron chi connectivity index (χ1n) is 7.38. The Hall–Kier alpha value is -1.14. The lowest BCUT2D eigenvalue weighted by Crippen LogP contribution is -2.54. The third-order valence-corrected chi connectivity index (χ3v) is 4.18. The van der Waals surface area contributed by atoms with E-state index in [2.05, 4.69) is 36.0 Å². The SMILES string of the molecule is CC(C)NC(=O)C(C)N1CCN(c2ccc(Br)cn2)CC1. The van der Waals surface area contributed by atoms with Crippen LogP contribution in [-0.2, 0) is 4.79 Å². The first-order chi connectivity index (χ1) is 9.97. The number of piperazine rings is 1. The largest absolute Gasteiger partial charge is 0.354 e. The average molecular weight is 355 g/mol. The van der Waals surface area contributed by atoms with E-state index in [-0.39, 0.29) is 18.0 Å². The number of pyridine rings is 1. The van der Waals surface area contributed by atoms with Crippen molar-refractivity contribution in [3.05, 3.63) is 22.8 Å². The van der Waals surface area contributed by atoms with Gasteiger partial charge in [-0.25, -0.2) is 4.98 Å². The van der Waals surface area contributed by atoms with Gasteiger partial charge in [0.1, 0.15) is 5.82 Å². The molecule has 1 saturated heterocycles. The molecule has 0 aliphatic carbocycles. The summed E-state index contributed by atoms with van der Waals surface area (Å²) in [7, 11) is 0. The molecule has 2 rings (SSSR count). The van der Waals surface area contributed by atoms with Crippen molar-refractivity contribution in [2.45, 2.75) is 32.9 Å². The van der Waals surface area contributed by atoms with Crippen molar-refractivity contribution >= 4 is 27.7 Å². The van der Waals surface area contributed by atoms with E-state index in [1.54, 1.807) is 0 Å². The van der Waals surface area contributed by atoms with E-state index in [4.69, 9.17) is 0 Å². The predicted molar refractivity (Wildman–Crippen MR) is 88.5 cm³/mol. The summed E-state index contributed by atoms with van der Waals surface area (Å²) in [6.07, 6.45) is 1.82. The maximum atomic E-state index is 12.1. The number of hydrogen-bond acceptors (Lipinski definition) is 4. The van der Waals surface area contributed by atoms with Gasteiger partial charge in [0, 0.05) is 42.9 Å². The van der Waals surface area contributed by atoms with Gasteiger partial charge in [-0.05, 0) is 48.8 Å². The lowest BCUT2D eigenvalue weighted by Gasteiger charge is -2.38. The summed E-state index contributed by atoms with van der Waals surface area (Å²) in [5.41, 5.74) is 0. The fourth-order valence-electron chi connectivity index (χ4n) is 2.46. The molecular formula is C15H23BrN4O. The summed E-state index contributed by atoms with van der Waals surface area (Å²) in [4.78, 5) is 21.0. The minimum atomic E-state index is -0.0765. The Morgan fingerprint density at radius 3 is 2.43 bits per heavy atom. The standard InChI is InChI=1S/C15H23BrN4O/c1-11(2)18-15(21)12(3)19-6-8-20(9-7-19)14-5-4-13(16)10-17-14/h4-5,10-12H,6-9H2,1-3H3,(H,18,21). The van der Waals surface area contributed by atoms with Crippen molar-refractivity contribution in [3.63, 3.8) is 0 Å². The number of anilines is 1. The van der Waals surface area contributed by atoms with E-state index in [9.17, 15) is 4.79 Å². The predicted octanol–water partition coefficient (Wildman–Crippen LogP) is 1.88. The van der Waals surface area contributed by atoms with E-state index in [1.807, 2.05) is 39.1 Å². The summed E-state index contributed by atoms with van der Waals surface area (Å²) in [6, 6.07) is 4.14. The van der Waals surface area contributed by atoms with E-state index in [0.29, 0.717) is 0 Å². The van der Waals surface area contributed by atoms with Crippen LogP contribution in [0.3, 0.4) is 0 Å². The smallest absolute Gasteiger partial charge is 0.237 e. The summed E-state index contributed by atoms with van der Waals surface area (Å²) in [6.45, 7) is 9.51. The van der Waals surface area contributed by atoms with Gasteiger partial charge in [-0.2, -0.15) is 0 Å². The second-order valence-corrected chi connectivity index (χ2v) is 6.61. The zero-order valence-corrected chi connectivity index (χ0v) is 14.4. The normalized spacial score (nSPS) is 17.9. The second kappa shape index (κ2) is 7.22. The topological polar surface area (TPSA) is 48.5 Å². The molecule has 1 fully saturated rings. The maximum Gasteiger partial charge on any atom is 0.237 e. The van der Waals surface area contributed by atoms with Gasteiger partial charge in [-0.15, -0.1) is 0 Å². The molecule has 5 nitrogen and oxygen atoms in total. The Morgan fingerprint density at radius 1 is 1.24 bits per heavy atom. The molecule has 21 heavy (non-hydrogen) atoms. The van der Waals surface area contributed by atoms with Crippen molar-refractivity contribution in [1.82, 2.24) is 15.2 Å². The van der Waals surface area contributed by atoms with E-state index in [0.717, 1.165) is 36.5 Å². The molecular weight excluding hydrogens is 332 g/mol. The fourth-order valence-corrected chi connectivity index (χ4v) is 2.70. The Balaban J connectivity index is 1.88. The van der Waals surface area contributed by atoms with Crippen molar-refractivity contribution in [1.29, 1.82) is 0 Å². The summed E-state index contributed by atoms with van der Waals surface area (Å²) in [5, 5.41) is 2.98. The van der Waals surface area contributed by atoms with Gasteiger partial charge >= 0.3 is 0 Å². The van der Waals surface area contributed by atoms with Gasteiger partial charge in [-0.1, -0.05) is 0 Å². The molecule has 1 aromatic heterocycles. The monoisotopic (exact) mass is 354 g/mol. The lowest BCUT2D eigenvalue weighted by molar-refractivity contribution is -0.126. The van der Waals surface area contributed by atoms with Crippen LogP contribution in [0, 0.1) is 0 Å². The molecule has 1 N–H and O–H groups in total. The molecule has 0 saturated carbocycles. The number of carbonyl (C=O) groups is 1. The van der Waals surface area contributed by atoms with Gasteiger partial charge in [-0.3, -0.25) is 9.69 Å². The third-order valence-electron chi connectivity index (χ3n) is 3.71. The fraction of sp³-hybridized carbons (Fsp3) is 0.600. The lowest BCUT2D eigenvalue weighted by atomic mass is 10.2. The average Bonchev–Trinajstić information content (AvgIpc) is 2.47. The molecule has 2 heterocycles. The highest BCUT2D eigenvalue weighted by molar-refractivity contribution is 9.10. The molecule has 116 valence electrons. The van der Waals surface area contributed by atoms with Crippen LogP contribution < -0.4 is 10.2 Å². The quantitative estimate of drug-likeness (QED) is 0.896. The minimum absolute atomic E-state index is 0.0765. The molecule has 1 aliphatic rings. The molecule has 1 atom stereocenters. The number of amides is 1. The first-order valence-corrected chi connectivity index (χ1v) is 8.17. The van der Waals surface area contributed by atoms with Crippen LogP contribution in [0.4, 0.5) is 5.82 Å². The molecule has 1 unspecified atom stereocenters. The zero-order valence-electron chi connectivity index (χ0n) is 12.8. The molecule has 0 aromatic carbocycles. The van der Waals surface area contributed by atoms with Crippen molar-refractivity contribution in [2.75, 3.05) is 31.1 Å². The number of nitrogens with one attached hydrogen (secondary N) is 1. The van der Waals surface area contributed by atoms with E-state index >= 15 is 0 Å². The number of rotatable bonds is 4. The number of nitrogens with zero attached hydrogens (tertiary/aromatic N) is 3. The van der Waals surface area contributed by atoms with Gasteiger partial charge in [0.2, 0.25) is 5.91 Å². The van der Waals surface area contributed by atoms with Gasteiger partial charge in [0.05, 0.1) is 6.04 Å². The highest BCUT2D eigenvalue weighted by Gasteiger charge is 2.26. The van der Waals surface area contributed by atoms with Gasteiger partial charge in [0.15, 0.2) is 0 Å². The summed E-state index contributed by atoms with van der Waals surface area (Å²) >= 11 is 3.40. The third kappa shape index (κ3) is 4.41. The van der Waals surface area contributed by atoms with Crippen LogP contribution >= 0.6 is 15.9 Å². The van der Waals surface area contributed by atoms with E-state index < -0.39 is 0 Å². The van der Waals surface area contributed by atoms with E-state index in [1.165, 1.54) is 0 Å². The Morgan fingerprint density at radius 2 is 1.90 bits per heavy atom. The van der Waals surface area contributed by atoms with Crippen LogP contribution in [-0.4, -0.2) is 54.1 Å². The molecule has 1 aromatic rings. The molecule has 6 heteroatoms. The molecule has 1 aliphatic heterocycles. The number of halogens is 1. The highest BCUT2D eigenvalue weighted by atomic mass is 79.9. The van der Waals surface area contributed by atoms with Crippen LogP contribution in [0.1, 0.15) is 20.8 Å². The number of carbonyl (C=O) groups excluding carboxylic acids is 1. The molecule has 0 bridgehead atoms. The molecule has 1 amide bonds. The molecule has 0 radical (unpaired) electrons.